The first-order valence-corrected chi connectivity index (χ1v) is 8.24. The van der Waals surface area contributed by atoms with Gasteiger partial charge in [-0.05, 0) is 30.9 Å². The van der Waals surface area contributed by atoms with E-state index in [1.54, 1.807) is 12.4 Å². The van der Waals surface area contributed by atoms with Crippen LogP contribution < -0.4 is 5.32 Å². The minimum Gasteiger partial charge on any atom is -0.337 e. The molecule has 0 saturated heterocycles. The number of aromatic nitrogens is 3. The summed E-state index contributed by atoms with van der Waals surface area (Å²) in [6.45, 7) is 4.38. The molecule has 1 aliphatic rings. The molecule has 0 aromatic carbocycles. The molecule has 0 radical (unpaired) electrons. The normalized spacial score (nSPS) is 17.8. The maximum absolute atomic E-state index is 5.53. The van der Waals surface area contributed by atoms with Gasteiger partial charge in [0.2, 0.25) is 11.7 Å². The van der Waals surface area contributed by atoms with Gasteiger partial charge in [0.05, 0.1) is 6.04 Å². The van der Waals surface area contributed by atoms with Crippen molar-refractivity contribution in [1.29, 1.82) is 0 Å². The van der Waals surface area contributed by atoms with E-state index in [2.05, 4.69) is 34.3 Å². The number of pyridine rings is 1. The van der Waals surface area contributed by atoms with Gasteiger partial charge < -0.3 is 9.84 Å². The van der Waals surface area contributed by atoms with E-state index in [1.807, 2.05) is 12.1 Å². The zero-order valence-electron chi connectivity index (χ0n) is 13.3. The molecular formula is C17H24N4O. The summed E-state index contributed by atoms with van der Waals surface area (Å²) in [5, 5.41) is 7.84. The summed E-state index contributed by atoms with van der Waals surface area (Å²) in [6.07, 6.45) is 9.97. The van der Waals surface area contributed by atoms with E-state index < -0.39 is 0 Å². The van der Waals surface area contributed by atoms with Crippen LogP contribution in [0.3, 0.4) is 0 Å². The predicted molar refractivity (Wildman–Crippen MR) is 85.1 cm³/mol. The summed E-state index contributed by atoms with van der Waals surface area (Å²) in [7, 11) is 0. The minimum atomic E-state index is 0.112. The standard InChI is InChI=1S/C17H24N4O/c1-12(2)15(19-14-8-4-3-5-9-14)17-20-16(21-22-17)13-7-6-10-18-11-13/h6-7,10-12,14-15,19H,3-5,8-9H2,1-2H3/t15-/m1/s1. The van der Waals surface area contributed by atoms with E-state index >= 15 is 0 Å². The molecule has 1 atom stereocenters. The number of rotatable bonds is 5. The van der Waals surface area contributed by atoms with E-state index in [0.29, 0.717) is 23.7 Å². The molecule has 1 aliphatic carbocycles. The first-order valence-electron chi connectivity index (χ1n) is 8.24. The van der Waals surface area contributed by atoms with Crippen LogP contribution in [0.4, 0.5) is 0 Å². The second-order valence-corrected chi connectivity index (χ2v) is 6.42. The van der Waals surface area contributed by atoms with Crippen molar-refractivity contribution in [3.05, 3.63) is 30.4 Å². The van der Waals surface area contributed by atoms with Crippen LogP contribution in [-0.4, -0.2) is 21.2 Å². The van der Waals surface area contributed by atoms with Crippen LogP contribution in [0.5, 0.6) is 0 Å². The Morgan fingerprint density at radius 3 is 2.73 bits per heavy atom. The fraction of sp³-hybridized carbons (Fsp3) is 0.588. The molecule has 1 fully saturated rings. The molecule has 0 bridgehead atoms. The van der Waals surface area contributed by atoms with Crippen molar-refractivity contribution in [1.82, 2.24) is 20.4 Å². The van der Waals surface area contributed by atoms with E-state index in [0.717, 1.165) is 5.56 Å². The Morgan fingerprint density at radius 1 is 1.23 bits per heavy atom. The lowest BCUT2D eigenvalue weighted by Gasteiger charge is -2.28. The first kappa shape index (κ1) is 15.2. The predicted octanol–water partition coefficient (Wildman–Crippen LogP) is 3.75. The van der Waals surface area contributed by atoms with Crippen LogP contribution in [-0.2, 0) is 0 Å². The molecule has 0 aliphatic heterocycles. The summed E-state index contributed by atoms with van der Waals surface area (Å²) >= 11 is 0. The molecule has 0 spiro atoms. The van der Waals surface area contributed by atoms with Gasteiger partial charge in [-0.15, -0.1) is 0 Å². The van der Waals surface area contributed by atoms with Gasteiger partial charge in [0.1, 0.15) is 0 Å². The molecular weight excluding hydrogens is 276 g/mol. The molecule has 1 saturated carbocycles. The van der Waals surface area contributed by atoms with Crippen LogP contribution in [0.1, 0.15) is 57.9 Å². The topological polar surface area (TPSA) is 63.8 Å². The molecule has 118 valence electrons. The minimum absolute atomic E-state index is 0.112. The summed E-state index contributed by atoms with van der Waals surface area (Å²) in [4.78, 5) is 8.69. The van der Waals surface area contributed by atoms with Gasteiger partial charge in [-0.25, -0.2) is 0 Å². The number of nitrogens with zero attached hydrogens (tertiary/aromatic N) is 3. The molecule has 2 heterocycles. The largest absolute Gasteiger partial charge is 0.337 e. The summed E-state index contributed by atoms with van der Waals surface area (Å²) in [6, 6.07) is 4.50. The Morgan fingerprint density at radius 2 is 2.05 bits per heavy atom. The van der Waals surface area contributed by atoms with Gasteiger partial charge in [0.25, 0.3) is 0 Å². The van der Waals surface area contributed by atoms with Gasteiger partial charge in [-0.3, -0.25) is 4.98 Å². The summed E-state index contributed by atoms with van der Waals surface area (Å²) in [5.74, 6) is 1.70. The third-order valence-electron chi connectivity index (χ3n) is 4.31. The molecule has 1 N–H and O–H groups in total. The molecule has 2 aromatic heterocycles. The van der Waals surface area contributed by atoms with Gasteiger partial charge in [0, 0.05) is 24.0 Å². The zero-order valence-corrected chi connectivity index (χ0v) is 13.3. The quantitative estimate of drug-likeness (QED) is 0.911. The maximum atomic E-state index is 5.53. The van der Waals surface area contributed by atoms with Crippen molar-refractivity contribution in [3.8, 4) is 11.4 Å². The average molecular weight is 300 g/mol. The van der Waals surface area contributed by atoms with Crippen molar-refractivity contribution in [3.63, 3.8) is 0 Å². The fourth-order valence-electron chi connectivity index (χ4n) is 3.05. The van der Waals surface area contributed by atoms with Crippen molar-refractivity contribution in [2.75, 3.05) is 0 Å². The van der Waals surface area contributed by atoms with Crippen molar-refractivity contribution in [2.24, 2.45) is 5.92 Å². The van der Waals surface area contributed by atoms with Crippen LogP contribution in [0.15, 0.2) is 29.0 Å². The Bertz CT molecular complexity index is 575. The zero-order chi connectivity index (χ0) is 15.4. The highest BCUT2D eigenvalue weighted by molar-refractivity contribution is 5.51. The molecule has 5 nitrogen and oxygen atoms in total. The van der Waals surface area contributed by atoms with E-state index in [1.165, 1.54) is 32.1 Å². The van der Waals surface area contributed by atoms with Crippen LogP contribution in [0.2, 0.25) is 0 Å². The van der Waals surface area contributed by atoms with E-state index in [9.17, 15) is 0 Å². The highest BCUT2D eigenvalue weighted by Crippen LogP contribution is 2.26. The maximum Gasteiger partial charge on any atom is 0.244 e. The second kappa shape index (κ2) is 7.01. The van der Waals surface area contributed by atoms with Crippen LogP contribution in [0, 0.1) is 5.92 Å². The Labute approximate surface area is 131 Å². The smallest absolute Gasteiger partial charge is 0.244 e. The highest BCUT2D eigenvalue weighted by Gasteiger charge is 2.26. The Kier molecular flexibility index (Phi) is 4.83. The van der Waals surface area contributed by atoms with Crippen molar-refractivity contribution < 1.29 is 4.52 Å². The van der Waals surface area contributed by atoms with E-state index in [-0.39, 0.29) is 6.04 Å². The van der Waals surface area contributed by atoms with Gasteiger partial charge in [-0.1, -0.05) is 38.3 Å². The monoisotopic (exact) mass is 300 g/mol. The molecule has 0 amide bonds. The Balaban J connectivity index is 1.76. The lowest BCUT2D eigenvalue weighted by Crippen LogP contribution is -2.36. The molecule has 22 heavy (non-hydrogen) atoms. The van der Waals surface area contributed by atoms with Crippen molar-refractivity contribution >= 4 is 0 Å². The Hall–Kier alpha value is -1.75. The molecule has 0 unspecified atom stereocenters. The SMILES string of the molecule is CC(C)[C@@H](NC1CCCCC1)c1nc(-c2cccnc2)no1. The second-order valence-electron chi connectivity index (χ2n) is 6.42. The number of hydrogen-bond donors (Lipinski definition) is 1. The first-order chi connectivity index (χ1) is 10.7. The van der Waals surface area contributed by atoms with Gasteiger partial charge >= 0.3 is 0 Å². The van der Waals surface area contributed by atoms with Crippen LogP contribution in [0.25, 0.3) is 11.4 Å². The third kappa shape index (κ3) is 3.53. The van der Waals surface area contributed by atoms with Gasteiger partial charge in [-0.2, -0.15) is 4.98 Å². The van der Waals surface area contributed by atoms with Gasteiger partial charge in [0.15, 0.2) is 0 Å². The lowest BCUT2D eigenvalue weighted by atomic mass is 9.93. The summed E-state index contributed by atoms with van der Waals surface area (Å²) in [5.41, 5.74) is 0.887. The van der Waals surface area contributed by atoms with Crippen molar-refractivity contribution in [2.45, 2.75) is 58.0 Å². The number of hydrogen-bond acceptors (Lipinski definition) is 5. The molecule has 3 rings (SSSR count). The fourth-order valence-corrected chi connectivity index (χ4v) is 3.05. The third-order valence-corrected chi connectivity index (χ3v) is 4.31. The molecule has 2 aromatic rings. The average Bonchev–Trinajstić information content (AvgIpc) is 3.04. The number of nitrogens with one attached hydrogen (secondary N) is 1. The summed E-state index contributed by atoms with van der Waals surface area (Å²) < 4.78 is 5.53. The molecule has 5 heteroatoms. The highest BCUT2D eigenvalue weighted by atomic mass is 16.5. The van der Waals surface area contributed by atoms with E-state index in [4.69, 9.17) is 4.52 Å². The lowest BCUT2D eigenvalue weighted by molar-refractivity contribution is 0.246. The van der Waals surface area contributed by atoms with Crippen LogP contribution >= 0.6 is 0 Å².